The fourth-order valence-electron chi connectivity index (χ4n) is 9.22. The lowest BCUT2D eigenvalue weighted by molar-refractivity contribution is 0.0122. The molecule has 2 bridgehead atoms. The van der Waals surface area contributed by atoms with Crippen LogP contribution in [0.2, 0.25) is 0 Å². The maximum atomic E-state index is 17.3. The number of hydrogen-bond acceptors (Lipinski definition) is 11. The van der Waals surface area contributed by atoms with E-state index in [9.17, 15) is 17.8 Å². The van der Waals surface area contributed by atoms with Crippen LogP contribution in [-0.4, -0.2) is 99.8 Å². The van der Waals surface area contributed by atoms with Gasteiger partial charge in [-0.05, 0) is 120 Å². The molecule has 13 nitrogen and oxygen atoms in total. The number of pyridine rings is 1. The van der Waals surface area contributed by atoms with Crippen LogP contribution in [0, 0.1) is 5.82 Å². The van der Waals surface area contributed by atoms with Crippen LogP contribution >= 0.6 is 0 Å². The summed E-state index contributed by atoms with van der Waals surface area (Å²) < 4.78 is 68.3. The topological polar surface area (TPSA) is 148 Å². The number of amides is 1. The lowest BCUT2D eigenvalue weighted by atomic mass is 9.95. The molecular weight excluding hydrogens is 752 g/mol. The second-order valence-electron chi connectivity index (χ2n) is 16.6. The average molecular weight is 797 g/mol. The quantitative estimate of drug-likeness (QED) is 0.154. The fourth-order valence-corrected chi connectivity index (χ4v) is 9.70. The molecule has 2 unspecified atom stereocenters. The zero-order valence-corrected chi connectivity index (χ0v) is 33.0. The molecule has 0 aliphatic carbocycles. The molecule has 5 aromatic rings. The molecule has 57 heavy (non-hydrogen) atoms. The van der Waals surface area contributed by atoms with E-state index in [1.807, 2.05) is 49.9 Å². The summed E-state index contributed by atoms with van der Waals surface area (Å²) in [6.45, 7) is 9.04. The minimum Gasteiger partial charge on any atom is -0.461 e. The van der Waals surface area contributed by atoms with Crippen LogP contribution in [0.15, 0.2) is 71.8 Å². The molecule has 1 N–H and O–H groups in total. The fraction of sp³-hybridized carbons (Fsp3) is 0.429. The van der Waals surface area contributed by atoms with Gasteiger partial charge in [0.1, 0.15) is 40.7 Å². The summed E-state index contributed by atoms with van der Waals surface area (Å²) in [5.74, 6) is 0.555. The van der Waals surface area contributed by atoms with E-state index < -0.39 is 21.5 Å². The van der Waals surface area contributed by atoms with Crippen LogP contribution in [0.25, 0.3) is 32.9 Å². The molecule has 4 saturated heterocycles. The van der Waals surface area contributed by atoms with Gasteiger partial charge in [-0.2, -0.15) is 18.4 Å². The van der Waals surface area contributed by atoms with Crippen LogP contribution in [0.1, 0.15) is 59.3 Å². The van der Waals surface area contributed by atoms with Crippen molar-refractivity contribution in [1.82, 2.24) is 24.8 Å². The summed E-state index contributed by atoms with van der Waals surface area (Å²) in [7, 11) is -4.38. The first-order valence-electron chi connectivity index (χ1n) is 19.5. The maximum Gasteiger partial charge on any atom is 0.410 e. The number of piperazine rings is 1. The summed E-state index contributed by atoms with van der Waals surface area (Å²) in [5, 5.41) is 1.94. The van der Waals surface area contributed by atoms with Crippen LogP contribution < -0.4 is 14.4 Å². The molecule has 6 heterocycles. The average Bonchev–Trinajstić information content (AvgIpc) is 3.83. The molecule has 0 saturated carbocycles. The minimum atomic E-state index is -4.38. The Morgan fingerprint density at radius 2 is 1.65 bits per heavy atom. The van der Waals surface area contributed by atoms with Crippen molar-refractivity contribution in [3.8, 4) is 28.8 Å². The molecule has 2 atom stereocenters. The largest absolute Gasteiger partial charge is 0.461 e. The third-order valence-corrected chi connectivity index (χ3v) is 12.6. The van der Waals surface area contributed by atoms with E-state index in [1.165, 1.54) is 24.3 Å². The zero-order valence-electron chi connectivity index (χ0n) is 32.1. The summed E-state index contributed by atoms with van der Waals surface area (Å²) in [6.07, 6.45) is 7.19. The number of aromatic nitrogens is 3. The smallest absolute Gasteiger partial charge is 0.410 e. The number of carbonyl (C=O) groups is 1. The Labute approximate surface area is 330 Å². The normalized spacial score (nSPS) is 20.6. The van der Waals surface area contributed by atoms with Crippen molar-refractivity contribution < 1.29 is 36.4 Å². The van der Waals surface area contributed by atoms with Gasteiger partial charge in [-0.3, -0.25) is 19.3 Å². The zero-order chi connectivity index (χ0) is 39.7. The molecule has 0 radical (unpaired) electrons. The van der Waals surface area contributed by atoms with Crippen molar-refractivity contribution in [2.75, 3.05) is 37.7 Å². The van der Waals surface area contributed by atoms with Crippen molar-refractivity contribution in [3.05, 3.63) is 72.7 Å². The lowest BCUT2D eigenvalue weighted by Gasteiger charge is -2.42. The Bertz CT molecular complexity index is 2470. The van der Waals surface area contributed by atoms with Gasteiger partial charge in [-0.25, -0.2) is 9.18 Å². The molecule has 4 aliphatic heterocycles. The third kappa shape index (κ3) is 7.10. The SMILES string of the molecule is CC(C)(C)OC(=O)N1C2CCC1CN(c1nc(OCC34CCCN3CCC4)nc3c(F)c(-c4cc(Oc5ccc(S(=O)(=O)O)cc5)cc5ccccc45)ncc13)C2. The molecule has 298 valence electrons. The monoisotopic (exact) mass is 796 g/mol. The van der Waals surface area contributed by atoms with Gasteiger partial charge >= 0.3 is 12.1 Å². The first kappa shape index (κ1) is 37.5. The van der Waals surface area contributed by atoms with Crippen molar-refractivity contribution in [2.24, 2.45) is 0 Å². The van der Waals surface area contributed by atoms with Crippen LogP contribution in [0.5, 0.6) is 17.5 Å². The van der Waals surface area contributed by atoms with Crippen LogP contribution in [-0.2, 0) is 14.9 Å². The van der Waals surface area contributed by atoms with Crippen LogP contribution in [0.4, 0.5) is 15.0 Å². The van der Waals surface area contributed by atoms with E-state index in [1.54, 1.807) is 18.3 Å². The van der Waals surface area contributed by atoms with E-state index in [0.29, 0.717) is 48.0 Å². The molecule has 9 rings (SSSR count). The van der Waals surface area contributed by atoms with Crippen LogP contribution in [0.3, 0.4) is 0 Å². The number of benzene rings is 3. The van der Waals surface area contributed by atoms with Gasteiger partial charge in [0.25, 0.3) is 10.1 Å². The van der Waals surface area contributed by atoms with Gasteiger partial charge in [0.2, 0.25) is 0 Å². The second kappa shape index (κ2) is 14.1. The van der Waals surface area contributed by atoms with Gasteiger partial charge in [0.15, 0.2) is 5.82 Å². The lowest BCUT2D eigenvalue weighted by Crippen LogP contribution is -2.57. The standard InChI is InChI=1S/C42H45FN6O7S/c1-41(2,3)56-40(50)49-27-10-11-28(49)24-47(23-27)38-34-22-44-36(35(43)37(34)45-39(46-38)54-25-42-16-6-18-48(42)19-7-17-42)33-21-30(20-26-8-4-5-9-32(26)33)55-29-12-14-31(15-13-29)57(51,52)53/h4-5,8-9,12-15,20-22,27-28H,6-7,10-11,16-19,23-25H2,1-3H3,(H,51,52,53). The van der Waals surface area contributed by atoms with Gasteiger partial charge < -0.3 is 19.1 Å². The molecule has 1 amide bonds. The Kier molecular flexibility index (Phi) is 9.24. The highest BCUT2D eigenvalue weighted by Gasteiger charge is 2.46. The predicted octanol–water partition coefficient (Wildman–Crippen LogP) is 7.62. The summed E-state index contributed by atoms with van der Waals surface area (Å²) in [4.78, 5) is 33.9. The molecule has 2 aromatic heterocycles. The van der Waals surface area contributed by atoms with E-state index in [0.717, 1.165) is 62.4 Å². The molecular formula is C42H45FN6O7S. The number of ether oxygens (including phenoxy) is 3. The van der Waals surface area contributed by atoms with Gasteiger partial charge in [-0.1, -0.05) is 24.3 Å². The van der Waals surface area contributed by atoms with Gasteiger partial charge in [0.05, 0.1) is 27.9 Å². The highest BCUT2D eigenvalue weighted by Crippen LogP contribution is 2.42. The molecule has 3 aromatic carbocycles. The Morgan fingerprint density at radius 1 is 0.947 bits per heavy atom. The first-order valence-corrected chi connectivity index (χ1v) is 21.0. The minimum absolute atomic E-state index is 0.0626. The van der Waals surface area contributed by atoms with E-state index >= 15 is 4.39 Å². The van der Waals surface area contributed by atoms with E-state index in [4.69, 9.17) is 29.2 Å². The highest BCUT2D eigenvalue weighted by molar-refractivity contribution is 7.85. The molecule has 4 fully saturated rings. The third-order valence-electron chi connectivity index (χ3n) is 11.8. The van der Waals surface area contributed by atoms with Crippen molar-refractivity contribution in [3.63, 3.8) is 0 Å². The number of nitrogens with zero attached hydrogens (tertiary/aromatic N) is 6. The maximum absolute atomic E-state index is 17.3. The van der Waals surface area contributed by atoms with Gasteiger partial charge in [0, 0.05) is 24.8 Å². The molecule has 4 aliphatic rings. The number of fused-ring (bicyclic) bond motifs is 5. The first-order chi connectivity index (χ1) is 27.2. The van der Waals surface area contributed by atoms with Crippen molar-refractivity contribution in [1.29, 1.82) is 0 Å². The number of hydrogen-bond donors (Lipinski definition) is 1. The number of halogens is 1. The Hall–Kier alpha value is -5.12. The van der Waals surface area contributed by atoms with Gasteiger partial charge in [-0.15, -0.1) is 0 Å². The Balaban J connectivity index is 1.11. The summed E-state index contributed by atoms with van der Waals surface area (Å²) in [6, 6.07) is 16.2. The van der Waals surface area contributed by atoms with Crippen molar-refractivity contribution in [2.45, 2.75) is 87.4 Å². The number of carbonyl (C=O) groups excluding carboxylic acids is 1. The summed E-state index contributed by atoms with van der Waals surface area (Å²) >= 11 is 0. The predicted molar refractivity (Wildman–Crippen MR) is 212 cm³/mol. The highest BCUT2D eigenvalue weighted by atomic mass is 32.2. The van der Waals surface area contributed by atoms with E-state index in [-0.39, 0.29) is 45.8 Å². The Morgan fingerprint density at radius 3 is 2.33 bits per heavy atom. The second-order valence-corrected chi connectivity index (χ2v) is 18.1. The number of rotatable bonds is 8. The summed E-state index contributed by atoms with van der Waals surface area (Å²) in [5.41, 5.74) is -0.0934. The van der Waals surface area contributed by atoms with E-state index in [2.05, 4.69) is 9.80 Å². The van der Waals surface area contributed by atoms with Crippen molar-refractivity contribution >= 4 is 43.7 Å². The number of anilines is 1. The molecule has 0 spiro atoms. The molecule has 15 heteroatoms.